The number of benzene rings is 1. The third kappa shape index (κ3) is 4.05. The summed E-state index contributed by atoms with van der Waals surface area (Å²) in [7, 11) is 1.80. The van der Waals surface area contributed by atoms with Crippen molar-refractivity contribution in [2.24, 2.45) is 0 Å². The molecule has 102 valence electrons. The average molecular weight is 261 g/mol. The normalized spacial score (nSPS) is 13.7. The number of anilines is 1. The van der Waals surface area contributed by atoms with Crippen molar-refractivity contribution in [2.75, 3.05) is 19.0 Å². The summed E-state index contributed by atoms with van der Waals surface area (Å²) in [4.78, 5) is 13.8. The predicted molar refractivity (Wildman–Crippen MR) is 73.6 cm³/mol. The van der Waals surface area contributed by atoms with Crippen LogP contribution in [0.15, 0.2) is 24.3 Å². The highest BCUT2D eigenvalue weighted by Gasteiger charge is 2.21. The zero-order valence-corrected chi connectivity index (χ0v) is 11.4. The van der Waals surface area contributed by atoms with Crippen LogP contribution in [0.1, 0.15) is 19.4 Å². The van der Waals surface area contributed by atoms with Crippen molar-refractivity contribution < 1.29 is 9.90 Å². The van der Waals surface area contributed by atoms with Crippen LogP contribution in [0.5, 0.6) is 0 Å². The van der Waals surface area contributed by atoms with E-state index >= 15 is 0 Å². The van der Waals surface area contributed by atoms with Crippen LogP contribution < -0.4 is 5.32 Å². The quantitative estimate of drug-likeness (QED) is 0.835. The molecule has 0 fully saturated rings. The van der Waals surface area contributed by atoms with E-state index in [0.717, 1.165) is 0 Å². The number of carbonyl (C=O) groups is 1. The Balaban J connectivity index is 2.66. The van der Waals surface area contributed by atoms with Crippen LogP contribution in [0.2, 0.25) is 0 Å². The van der Waals surface area contributed by atoms with E-state index in [9.17, 15) is 4.79 Å². The third-order valence-electron chi connectivity index (χ3n) is 3.23. The highest BCUT2D eigenvalue weighted by Crippen LogP contribution is 2.11. The highest BCUT2D eigenvalue weighted by molar-refractivity contribution is 5.94. The smallest absolute Gasteiger partial charge is 0.241 e. The Bertz CT molecular complexity index is 465. The summed E-state index contributed by atoms with van der Waals surface area (Å²) >= 11 is 0. The second-order valence-electron chi connectivity index (χ2n) is 4.55. The van der Waals surface area contributed by atoms with E-state index in [-0.39, 0.29) is 24.6 Å². The molecule has 2 atom stereocenters. The topological polar surface area (TPSA) is 76.4 Å². The predicted octanol–water partition coefficient (Wildman–Crippen LogP) is 1.20. The van der Waals surface area contributed by atoms with Gasteiger partial charge in [0.05, 0.1) is 24.3 Å². The van der Waals surface area contributed by atoms with Crippen molar-refractivity contribution in [3.05, 3.63) is 29.8 Å². The summed E-state index contributed by atoms with van der Waals surface area (Å²) in [5, 5.41) is 20.6. The molecule has 0 heterocycles. The van der Waals surface area contributed by atoms with Crippen LogP contribution in [0, 0.1) is 11.3 Å². The van der Waals surface area contributed by atoms with Gasteiger partial charge < -0.3 is 10.4 Å². The van der Waals surface area contributed by atoms with Gasteiger partial charge in [0.2, 0.25) is 5.91 Å². The Morgan fingerprint density at radius 3 is 2.47 bits per heavy atom. The van der Waals surface area contributed by atoms with Crippen molar-refractivity contribution in [3.63, 3.8) is 0 Å². The van der Waals surface area contributed by atoms with Crippen LogP contribution in [-0.2, 0) is 4.79 Å². The molecule has 1 rings (SSSR count). The Hall–Kier alpha value is -1.90. The van der Waals surface area contributed by atoms with Gasteiger partial charge in [-0.15, -0.1) is 0 Å². The molecular weight excluding hydrogens is 242 g/mol. The van der Waals surface area contributed by atoms with Gasteiger partial charge in [0.1, 0.15) is 0 Å². The van der Waals surface area contributed by atoms with Crippen LogP contribution in [0.3, 0.4) is 0 Å². The van der Waals surface area contributed by atoms with Gasteiger partial charge in [0, 0.05) is 11.7 Å². The van der Waals surface area contributed by atoms with Gasteiger partial charge in [-0.3, -0.25) is 9.69 Å². The first-order valence-electron chi connectivity index (χ1n) is 6.13. The van der Waals surface area contributed by atoms with E-state index in [1.54, 1.807) is 43.1 Å². The number of nitrogens with zero attached hydrogens (tertiary/aromatic N) is 2. The largest absolute Gasteiger partial charge is 0.395 e. The van der Waals surface area contributed by atoms with Gasteiger partial charge in [-0.05, 0) is 45.2 Å². The molecule has 0 aliphatic heterocycles. The van der Waals surface area contributed by atoms with Gasteiger partial charge in [-0.2, -0.15) is 5.26 Å². The van der Waals surface area contributed by atoms with Gasteiger partial charge in [0.15, 0.2) is 0 Å². The van der Waals surface area contributed by atoms with Crippen LogP contribution in [0.25, 0.3) is 0 Å². The lowest BCUT2D eigenvalue weighted by Crippen LogP contribution is -2.45. The van der Waals surface area contributed by atoms with Gasteiger partial charge in [-0.1, -0.05) is 0 Å². The molecule has 0 aliphatic rings. The number of hydrogen-bond donors (Lipinski definition) is 2. The zero-order chi connectivity index (χ0) is 14.4. The van der Waals surface area contributed by atoms with Crippen molar-refractivity contribution in [2.45, 2.75) is 25.9 Å². The first kappa shape index (κ1) is 15.2. The van der Waals surface area contributed by atoms with Crippen molar-refractivity contribution in [3.8, 4) is 6.07 Å². The minimum atomic E-state index is -0.349. The maximum absolute atomic E-state index is 12.0. The van der Waals surface area contributed by atoms with E-state index in [2.05, 4.69) is 5.32 Å². The number of hydrogen-bond acceptors (Lipinski definition) is 4. The van der Waals surface area contributed by atoms with Crippen LogP contribution >= 0.6 is 0 Å². The number of amides is 1. The highest BCUT2D eigenvalue weighted by atomic mass is 16.3. The number of aliphatic hydroxyl groups excluding tert-OH is 1. The molecule has 0 spiro atoms. The molecule has 1 aromatic carbocycles. The summed E-state index contributed by atoms with van der Waals surface area (Å²) < 4.78 is 0. The standard InChI is InChI=1S/C14H19N3O2/c1-10(9-18)17(3)11(2)14(19)16-13-6-4-12(8-15)5-7-13/h4-7,10-11,18H,9H2,1-3H3,(H,16,19). The number of rotatable bonds is 5. The fraction of sp³-hybridized carbons (Fsp3) is 0.429. The van der Waals surface area contributed by atoms with E-state index in [0.29, 0.717) is 11.3 Å². The number of likely N-dealkylation sites (N-methyl/N-ethyl adjacent to an activating group) is 1. The molecule has 0 radical (unpaired) electrons. The molecule has 2 N–H and O–H groups in total. The third-order valence-corrected chi connectivity index (χ3v) is 3.23. The maximum atomic E-state index is 12.0. The SMILES string of the molecule is CC(CO)N(C)C(C)C(=O)Nc1ccc(C#N)cc1. The molecular formula is C14H19N3O2. The van der Waals surface area contributed by atoms with Crippen LogP contribution in [-0.4, -0.2) is 41.7 Å². The fourth-order valence-corrected chi connectivity index (χ4v) is 1.57. The lowest BCUT2D eigenvalue weighted by molar-refractivity contribution is -0.121. The molecule has 1 aromatic rings. The molecule has 0 aliphatic carbocycles. The summed E-state index contributed by atoms with van der Waals surface area (Å²) in [6.45, 7) is 3.64. The van der Waals surface area contributed by atoms with Crippen molar-refractivity contribution in [1.29, 1.82) is 5.26 Å². The maximum Gasteiger partial charge on any atom is 0.241 e. The van der Waals surface area contributed by atoms with Gasteiger partial charge >= 0.3 is 0 Å². The number of nitrogens with one attached hydrogen (secondary N) is 1. The molecule has 0 saturated heterocycles. The van der Waals surface area contributed by atoms with Crippen molar-refractivity contribution in [1.82, 2.24) is 4.90 Å². The Labute approximate surface area is 113 Å². The minimum Gasteiger partial charge on any atom is -0.395 e. The first-order valence-corrected chi connectivity index (χ1v) is 6.13. The molecule has 5 nitrogen and oxygen atoms in total. The second kappa shape index (κ2) is 6.88. The average Bonchev–Trinajstić information content (AvgIpc) is 2.45. The number of nitriles is 1. The van der Waals surface area contributed by atoms with Gasteiger partial charge in [0.25, 0.3) is 0 Å². The fourth-order valence-electron chi connectivity index (χ4n) is 1.57. The molecule has 19 heavy (non-hydrogen) atoms. The van der Waals surface area contributed by atoms with Crippen molar-refractivity contribution >= 4 is 11.6 Å². The Kier molecular flexibility index (Phi) is 5.49. The zero-order valence-electron chi connectivity index (χ0n) is 11.4. The number of carbonyl (C=O) groups excluding carboxylic acids is 1. The summed E-state index contributed by atoms with van der Waals surface area (Å²) in [6, 6.07) is 8.28. The summed E-state index contributed by atoms with van der Waals surface area (Å²) in [6.07, 6.45) is 0. The molecule has 0 bridgehead atoms. The van der Waals surface area contributed by atoms with Crippen LogP contribution in [0.4, 0.5) is 5.69 Å². The molecule has 1 amide bonds. The van der Waals surface area contributed by atoms with E-state index < -0.39 is 0 Å². The molecule has 0 aromatic heterocycles. The van der Waals surface area contributed by atoms with E-state index in [4.69, 9.17) is 10.4 Å². The lowest BCUT2D eigenvalue weighted by atomic mass is 10.2. The molecule has 2 unspecified atom stereocenters. The minimum absolute atomic E-state index is 0.00495. The molecule has 5 heteroatoms. The second-order valence-corrected chi connectivity index (χ2v) is 4.55. The van der Waals surface area contributed by atoms with Gasteiger partial charge in [-0.25, -0.2) is 0 Å². The molecule has 0 saturated carbocycles. The monoisotopic (exact) mass is 261 g/mol. The number of aliphatic hydroxyl groups is 1. The Morgan fingerprint density at radius 1 is 1.42 bits per heavy atom. The first-order chi connectivity index (χ1) is 8.99. The summed E-state index contributed by atoms with van der Waals surface area (Å²) in [5.41, 5.74) is 1.21. The summed E-state index contributed by atoms with van der Waals surface area (Å²) in [5.74, 6) is -0.146. The van der Waals surface area contributed by atoms with E-state index in [1.165, 1.54) is 0 Å². The Morgan fingerprint density at radius 2 is 2.00 bits per heavy atom. The van der Waals surface area contributed by atoms with E-state index in [1.807, 2.05) is 13.0 Å². The lowest BCUT2D eigenvalue weighted by Gasteiger charge is -2.28.